The van der Waals surface area contributed by atoms with E-state index in [1.54, 1.807) is 0 Å². The normalized spacial score (nSPS) is 23.9. The lowest BCUT2D eigenvalue weighted by Gasteiger charge is -2.31. The number of nitrogens with one attached hydrogen (secondary N) is 1. The van der Waals surface area contributed by atoms with Gasteiger partial charge >= 0.3 is 5.97 Å². The van der Waals surface area contributed by atoms with Gasteiger partial charge in [0.25, 0.3) is 0 Å². The van der Waals surface area contributed by atoms with Crippen molar-refractivity contribution in [1.29, 1.82) is 0 Å². The molecule has 2 rings (SSSR count). The SMILES string of the molecule is CC.CC1CCC(C(=O)Nc2ccc(F)cc2)C(C(=O)O)C1. The predicted molar refractivity (Wildman–Crippen MR) is 84.0 cm³/mol. The molecule has 2 N–H and O–H groups in total. The molecule has 1 aromatic rings. The zero-order chi connectivity index (χ0) is 16.7. The van der Waals surface area contributed by atoms with E-state index >= 15 is 0 Å². The van der Waals surface area contributed by atoms with E-state index in [0.717, 1.165) is 6.42 Å². The first kappa shape index (κ1) is 18.1. The lowest BCUT2D eigenvalue weighted by molar-refractivity contribution is -0.148. The number of carboxylic acid groups (broad SMARTS) is 1. The molecule has 0 aromatic heterocycles. The average Bonchev–Trinajstić information content (AvgIpc) is 2.51. The van der Waals surface area contributed by atoms with Crippen LogP contribution in [0.5, 0.6) is 0 Å². The van der Waals surface area contributed by atoms with Crippen molar-refractivity contribution in [3.05, 3.63) is 30.1 Å². The molecular weight excluding hydrogens is 285 g/mol. The molecular formula is C17H24FNO3. The van der Waals surface area contributed by atoms with Crippen LogP contribution in [0.1, 0.15) is 40.0 Å². The first-order valence-electron chi connectivity index (χ1n) is 7.76. The number of benzene rings is 1. The Morgan fingerprint density at radius 1 is 1.14 bits per heavy atom. The predicted octanol–water partition coefficient (Wildman–Crippen LogP) is 3.93. The quantitative estimate of drug-likeness (QED) is 0.889. The van der Waals surface area contributed by atoms with Crippen molar-refractivity contribution >= 4 is 17.6 Å². The Labute approximate surface area is 130 Å². The van der Waals surface area contributed by atoms with Gasteiger partial charge in [-0.3, -0.25) is 9.59 Å². The summed E-state index contributed by atoms with van der Waals surface area (Å²) in [5.74, 6) is -2.43. The van der Waals surface area contributed by atoms with Gasteiger partial charge in [-0.25, -0.2) is 4.39 Å². The summed E-state index contributed by atoms with van der Waals surface area (Å²) in [6.45, 7) is 6.00. The highest BCUT2D eigenvalue weighted by molar-refractivity contribution is 5.95. The second-order valence-electron chi connectivity index (χ2n) is 5.47. The van der Waals surface area contributed by atoms with Crippen LogP contribution in [0.4, 0.5) is 10.1 Å². The Balaban J connectivity index is 0.00000116. The number of anilines is 1. The largest absolute Gasteiger partial charge is 0.481 e. The van der Waals surface area contributed by atoms with Gasteiger partial charge in [0, 0.05) is 5.69 Å². The van der Waals surface area contributed by atoms with Crippen LogP contribution in [0.15, 0.2) is 24.3 Å². The number of rotatable bonds is 3. The van der Waals surface area contributed by atoms with Crippen LogP contribution in [0.2, 0.25) is 0 Å². The molecule has 5 heteroatoms. The summed E-state index contributed by atoms with van der Waals surface area (Å²) in [7, 11) is 0. The molecule has 0 bridgehead atoms. The van der Waals surface area contributed by atoms with Crippen LogP contribution in [0.3, 0.4) is 0 Å². The van der Waals surface area contributed by atoms with Crippen LogP contribution in [0.25, 0.3) is 0 Å². The Hall–Kier alpha value is -1.91. The Bertz CT molecular complexity index is 501. The van der Waals surface area contributed by atoms with Gasteiger partial charge in [-0.2, -0.15) is 0 Å². The van der Waals surface area contributed by atoms with E-state index in [1.807, 2.05) is 20.8 Å². The number of amides is 1. The van der Waals surface area contributed by atoms with Gasteiger partial charge in [-0.1, -0.05) is 20.8 Å². The van der Waals surface area contributed by atoms with Crippen molar-refractivity contribution in [2.24, 2.45) is 17.8 Å². The van der Waals surface area contributed by atoms with E-state index in [2.05, 4.69) is 5.32 Å². The average molecular weight is 309 g/mol. The highest BCUT2D eigenvalue weighted by atomic mass is 19.1. The van der Waals surface area contributed by atoms with E-state index < -0.39 is 17.8 Å². The van der Waals surface area contributed by atoms with Gasteiger partial charge in [-0.05, 0) is 49.4 Å². The fraction of sp³-hybridized carbons (Fsp3) is 0.529. The van der Waals surface area contributed by atoms with Gasteiger partial charge in [0.1, 0.15) is 5.82 Å². The molecule has 0 heterocycles. The third kappa shape index (κ3) is 4.83. The molecule has 1 fully saturated rings. The highest BCUT2D eigenvalue weighted by Crippen LogP contribution is 2.34. The maximum Gasteiger partial charge on any atom is 0.307 e. The molecule has 0 spiro atoms. The molecule has 1 aromatic carbocycles. The molecule has 0 saturated heterocycles. The van der Waals surface area contributed by atoms with Crippen molar-refractivity contribution in [2.45, 2.75) is 40.0 Å². The van der Waals surface area contributed by atoms with Crippen molar-refractivity contribution in [2.75, 3.05) is 5.32 Å². The molecule has 122 valence electrons. The van der Waals surface area contributed by atoms with Crippen LogP contribution in [0, 0.1) is 23.6 Å². The molecule has 3 unspecified atom stereocenters. The Kier molecular flexibility index (Phi) is 7.02. The number of hydrogen-bond donors (Lipinski definition) is 2. The van der Waals surface area contributed by atoms with Crippen molar-refractivity contribution in [3.63, 3.8) is 0 Å². The second-order valence-corrected chi connectivity index (χ2v) is 5.47. The summed E-state index contributed by atoms with van der Waals surface area (Å²) >= 11 is 0. The maximum absolute atomic E-state index is 12.8. The molecule has 1 aliphatic carbocycles. The van der Waals surface area contributed by atoms with Gasteiger partial charge < -0.3 is 10.4 Å². The molecule has 1 aliphatic rings. The molecule has 0 radical (unpaired) electrons. The third-order valence-electron chi connectivity index (χ3n) is 3.88. The van der Waals surface area contributed by atoms with Gasteiger partial charge in [0.2, 0.25) is 5.91 Å². The summed E-state index contributed by atoms with van der Waals surface area (Å²) in [6.07, 6.45) is 1.95. The fourth-order valence-corrected chi connectivity index (χ4v) is 2.74. The van der Waals surface area contributed by atoms with Crippen molar-refractivity contribution in [3.8, 4) is 0 Å². The topological polar surface area (TPSA) is 66.4 Å². The number of aliphatic carboxylic acids is 1. The molecule has 22 heavy (non-hydrogen) atoms. The first-order chi connectivity index (χ1) is 10.5. The number of hydrogen-bond acceptors (Lipinski definition) is 2. The lowest BCUT2D eigenvalue weighted by Crippen LogP contribution is -2.38. The van der Waals surface area contributed by atoms with Gasteiger partial charge in [0.05, 0.1) is 11.8 Å². The summed E-state index contributed by atoms with van der Waals surface area (Å²) in [4.78, 5) is 23.5. The minimum Gasteiger partial charge on any atom is -0.481 e. The Morgan fingerprint density at radius 2 is 1.73 bits per heavy atom. The van der Waals surface area contributed by atoms with E-state index in [9.17, 15) is 19.1 Å². The number of halogens is 1. The van der Waals surface area contributed by atoms with Crippen LogP contribution in [-0.4, -0.2) is 17.0 Å². The van der Waals surface area contributed by atoms with Gasteiger partial charge in [-0.15, -0.1) is 0 Å². The molecule has 0 aliphatic heterocycles. The number of carboxylic acids is 1. The van der Waals surface area contributed by atoms with Crippen molar-refractivity contribution < 1.29 is 19.1 Å². The molecule has 3 atom stereocenters. The summed E-state index contributed by atoms with van der Waals surface area (Å²) in [5, 5.41) is 11.9. The van der Waals surface area contributed by atoms with E-state index in [0.29, 0.717) is 24.4 Å². The van der Waals surface area contributed by atoms with Gasteiger partial charge in [0.15, 0.2) is 0 Å². The van der Waals surface area contributed by atoms with Crippen LogP contribution >= 0.6 is 0 Å². The van der Waals surface area contributed by atoms with E-state index in [1.165, 1.54) is 24.3 Å². The first-order valence-corrected chi connectivity index (χ1v) is 7.76. The standard InChI is InChI=1S/C15H18FNO3.C2H6/c1-9-2-7-12(13(8-9)15(19)20)14(18)17-11-5-3-10(16)4-6-11;1-2/h3-6,9,12-13H,2,7-8H2,1H3,(H,17,18)(H,19,20);1-2H3. The minimum absolute atomic E-state index is 0.295. The van der Waals surface area contributed by atoms with Crippen LogP contribution in [-0.2, 0) is 9.59 Å². The lowest BCUT2D eigenvalue weighted by atomic mass is 9.74. The molecule has 1 saturated carbocycles. The summed E-state index contributed by atoms with van der Waals surface area (Å²) < 4.78 is 12.8. The third-order valence-corrected chi connectivity index (χ3v) is 3.88. The van der Waals surface area contributed by atoms with E-state index in [-0.39, 0.29) is 11.7 Å². The second kappa shape index (κ2) is 8.51. The summed E-state index contributed by atoms with van der Waals surface area (Å²) in [5.41, 5.74) is 0.485. The zero-order valence-electron chi connectivity index (χ0n) is 13.3. The highest BCUT2D eigenvalue weighted by Gasteiger charge is 2.38. The summed E-state index contributed by atoms with van der Waals surface area (Å²) in [6, 6.07) is 5.45. The Morgan fingerprint density at radius 3 is 2.27 bits per heavy atom. The maximum atomic E-state index is 12.8. The number of carbonyl (C=O) groups excluding carboxylic acids is 1. The fourth-order valence-electron chi connectivity index (χ4n) is 2.74. The monoisotopic (exact) mass is 309 g/mol. The molecule has 1 amide bonds. The molecule has 4 nitrogen and oxygen atoms in total. The smallest absolute Gasteiger partial charge is 0.307 e. The minimum atomic E-state index is -0.921. The zero-order valence-corrected chi connectivity index (χ0v) is 13.3. The van der Waals surface area contributed by atoms with Crippen molar-refractivity contribution in [1.82, 2.24) is 0 Å². The number of carbonyl (C=O) groups is 2. The van der Waals surface area contributed by atoms with E-state index in [4.69, 9.17) is 0 Å². The van der Waals surface area contributed by atoms with Crippen LogP contribution < -0.4 is 5.32 Å².